The van der Waals surface area contributed by atoms with Crippen molar-refractivity contribution in [2.45, 2.75) is 26.9 Å². The van der Waals surface area contributed by atoms with Gasteiger partial charge in [-0.2, -0.15) is 0 Å². The average molecular weight is 352 g/mol. The largest absolute Gasteiger partial charge is 0.461 e. The SMILES string of the molecule is CCNC(=NCc1nc(-c2ccco2)n[nH]1)N(C)Cc1ccc(C)cc1. The van der Waals surface area contributed by atoms with E-state index >= 15 is 0 Å². The third-order valence-electron chi connectivity index (χ3n) is 3.89. The number of furan rings is 1. The van der Waals surface area contributed by atoms with E-state index in [4.69, 9.17) is 4.42 Å². The van der Waals surface area contributed by atoms with E-state index < -0.39 is 0 Å². The quantitative estimate of drug-likeness (QED) is 0.526. The van der Waals surface area contributed by atoms with E-state index in [1.165, 1.54) is 11.1 Å². The third kappa shape index (κ3) is 4.50. The van der Waals surface area contributed by atoms with E-state index in [9.17, 15) is 0 Å². The molecule has 0 aliphatic rings. The first-order chi connectivity index (χ1) is 12.7. The molecule has 7 nitrogen and oxygen atoms in total. The van der Waals surface area contributed by atoms with Crippen molar-refractivity contribution in [3.05, 3.63) is 59.6 Å². The second-order valence-corrected chi connectivity index (χ2v) is 6.09. The van der Waals surface area contributed by atoms with Crippen molar-refractivity contribution in [2.24, 2.45) is 4.99 Å². The summed E-state index contributed by atoms with van der Waals surface area (Å²) in [6.45, 7) is 6.13. The van der Waals surface area contributed by atoms with Crippen molar-refractivity contribution in [3.8, 4) is 11.6 Å². The number of aliphatic imine (C=N–C) groups is 1. The second kappa shape index (κ2) is 8.33. The van der Waals surface area contributed by atoms with Crippen molar-refractivity contribution in [1.29, 1.82) is 0 Å². The normalized spacial score (nSPS) is 11.6. The highest BCUT2D eigenvalue weighted by Crippen LogP contribution is 2.14. The molecule has 0 atom stereocenters. The number of benzene rings is 1. The first-order valence-corrected chi connectivity index (χ1v) is 8.66. The number of aryl methyl sites for hydroxylation is 1. The Bertz CT molecular complexity index is 835. The van der Waals surface area contributed by atoms with Crippen LogP contribution < -0.4 is 5.32 Å². The monoisotopic (exact) mass is 352 g/mol. The van der Waals surface area contributed by atoms with Gasteiger partial charge in [0.25, 0.3) is 0 Å². The predicted octanol–water partition coefficient (Wildman–Crippen LogP) is 2.97. The molecule has 136 valence electrons. The van der Waals surface area contributed by atoms with Gasteiger partial charge in [-0.25, -0.2) is 9.98 Å². The predicted molar refractivity (Wildman–Crippen MR) is 102 cm³/mol. The lowest BCUT2D eigenvalue weighted by Crippen LogP contribution is -2.38. The molecule has 0 fully saturated rings. The zero-order chi connectivity index (χ0) is 18.4. The van der Waals surface area contributed by atoms with Gasteiger partial charge in [-0.05, 0) is 31.5 Å². The number of H-pyrrole nitrogens is 1. The Hall–Kier alpha value is -3.09. The molecule has 2 aromatic heterocycles. The van der Waals surface area contributed by atoms with Crippen LogP contribution in [0.2, 0.25) is 0 Å². The minimum absolute atomic E-state index is 0.411. The molecule has 0 unspecified atom stereocenters. The van der Waals surface area contributed by atoms with Gasteiger partial charge in [0.15, 0.2) is 11.7 Å². The van der Waals surface area contributed by atoms with Crippen LogP contribution in [0.1, 0.15) is 23.9 Å². The first-order valence-electron chi connectivity index (χ1n) is 8.66. The molecule has 1 aromatic carbocycles. The van der Waals surface area contributed by atoms with E-state index in [1.54, 1.807) is 6.26 Å². The number of aromatic nitrogens is 3. The van der Waals surface area contributed by atoms with Crippen LogP contribution in [0.15, 0.2) is 52.1 Å². The van der Waals surface area contributed by atoms with Crippen LogP contribution in [-0.2, 0) is 13.1 Å². The maximum atomic E-state index is 5.31. The molecule has 0 aliphatic carbocycles. The van der Waals surface area contributed by atoms with Crippen LogP contribution in [-0.4, -0.2) is 39.6 Å². The van der Waals surface area contributed by atoms with Gasteiger partial charge in [0.2, 0.25) is 5.82 Å². The lowest BCUT2D eigenvalue weighted by molar-refractivity contribution is 0.476. The zero-order valence-electron chi connectivity index (χ0n) is 15.4. The number of rotatable bonds is 6. The van der Waals surface area contributed by atoms with Gasteiger partial charge in [0.05, 0.1) is 6.26 Å². The molecule has 3 aromatic rings. The second-order valence-electron chi connectivity index (χ2n) is 6.09. The number of aromatic amines is 1. The molecule has 0 aliphatic heterocycles. The lowest BCUT2D eigenvalue weighted by atomic mass is 10.1. The van der Waals surface area contributed by atoms with Crippen LogP contribution in [0.5, 0.6) is 0 Å². The summed E-state index contributed by atoms with van der Waals surface area (Å²) in [5, 5.41) is 10.4. The minimum Gasteiger partial charge on any atom is -0.461 e. The Morgan fingerprint density at radius 2 is 2.08 bits per heavy atom. The van der Waals surface area contributed by atoms with E-state index in [0.717, 1.165) is 19.0 Å². The van der Waals surface area contributed by atoms with Gasteiger partial charge in [-0.3, -0.25) is 5.10 Å². The molecule has 0 amide bonds. The Morgan fingerprint density at radius 3 is 2.77 bits per heavy atom. The number of nitrogens with one attached hydrogen (secondary N) is 2. The van der Waals surface area contributed by atoms with Crippen molar-refractivity contribution >= 4 is 5.96 Å². The van der Waals surface area contributed by atoms with Gasteiger partial charge in [-0.15, -0.1) is 5.10 Å². The summed E-state index contributed by atoms with van der Waals surface area (Å²) < 4.78 is 5.31. The molecule has 0 saturated heterocycles. The van der Waals surface area contributed by atoms with Crippen LogP contribution in [0.4, 0.5) is 0 Å². The fraction of sp³-hybridized carbons (Fsp3) is 0.316. The first kappa shape index (κ1) is 17.7. The average Bonchev–Trinajstić information content (AvgIpc) is 3.32. The summed E-state index contributed by atoms with van der Waals surface area (Å²) in [5.74, 6) is 2.69. The van der Waals surface area contributed by atoms with Gasteiger partial charge in [0.1, 0.15) is 12.4 Å². The summed E-state index contributed by atoms with van der Waals surface area (Å²) >= 11 is 0. The fourth-order valence-corrected chi connectivity index (χ4v) is 2.54. The summed E-state index contributed by atoms with van der Waals surface area (Å²) in [5.41, 5.74) is 2.50. The van der Waals surface area contributed by atoms with Crippen LogP contribution >= 0.6 is 0 Å². The molecule has 0 radical (unpaired) electrons. The molecule has 2 N–H and O–H groups in total. The van der Waals surface area contributed by atoms with Crippen molar-refractivity contribution in [2.75, 3.05) is 13.6 Å². The maximum Gasteiger partial charge on any atom is 0.216 e. The van der Waals surface area contributed by atoms with Gasteiger partial charge in [-0.1, -0.05) is 29.8 Å². The molecular weight excluding hydrogens is 328 g/mol. The molecule has 2 heterocycles. The van der Waals surface area contributed by atoms with Crippen molar-refractivity contribution < 1.29 is 4.42 Å². The number of guanidine groups is 1. The summed E-state index contributed by atoms with van der Waals surface area (Å²) in [4.78, 5) is 11.2. The highest BCUT2D eigenvalue weighted by Gasteiger charge is 2.10. The van der Waals surface area contributed by atoms with E-state index in [1.807, 2.05) is 19.2 Å². The Labute approximate surface area is 153 Å². The fourth-order valence-electron chi connectivity index (χ4n) is 2.54. The topological polar surface area (TPSA) is 82.3 Å². The van der Waals surface area contributed by atoms with Gasteiger partial charge in [0, 0.05) is 20.1 Å². The highest BCUT2D eigenvalue weighted by atomic mass is 16.3. The summed E-state index contributed by atoms with van der Waals surface area (Å²) in [6, 6.07) is 12.2. The molecule has 0 spiro atoms. The third-order valence-corrected chi connectivity index (χ3v) is 3.89. The van der Waals surface area contributed by atoms with Gasteiger partial charge < -0.3 is 14.6 Å². The molecule has 0 bridgehead atoms. The molecule has 0 saturated carbocycles. The number of hydrogen-bond donors (Lipinski definition) is 2. The van der Waals surface area contributed by atoms with E-state index in [2.05, 4.69) is 68.5 Å². The van der Waals surface area contributed by atoms with Crippen molar-refractivity contribution in [3.63, 3.8) is 0 Å². The summed E-state index contributed by atoms with van der Waals surface area (Å²) in [7, 11) is 2.02. The zero-order valence-corrected chi connectivity index (χ0v) is 15.4. The van der Waals surface area contributed by atoms with E-state index in [-0.39, 0.29) is 0 Å². The highest BCUT2D eigenvalue weighted by molar-refractivity contribution is 5.79. The lowest BCUT2D eigenvalue weighted by Gasteiger charge is -2.22. The van der Waals surface area contributed by atoms with E-state index in [0.29, 0.717) is 24.0 Å². The Morgan fingerprint density at radius 1 is 1.27 bits per heavy atom. The van der Waals surface area contributed by atoms with Crippen LogP contribution in [0.25, 0.3) is 11.6 Å². The molecular formula is C19H24N6O. The molecule has 7 heteroatoms. The van der Waals surface area contributed by atoms with Crippen LogP contribution in [0, 0.1) is 6.92 Å². The molecule has 3 rings (SSSR count). The van der Waals surface area contributed by atoms with Crippen LogP contribution in [0.3, 0.4) is 0 Å². The Balaban J connectivity index is 1.67. The minimum atomic E-state index is 0.411. The smallest absolute Gasteiger partial charge is 0.216 e. The standard InChI is InChI=1S/C19H24N6O/c1-4-20-19(25(3)13-15-9-7-14(2)8-10-15)21-12-17-22-18(24-23-17)16-6-5-11-26-16/h5-11H,4,12-13H2,1-3H3,(H,20,21)(H,22,23,24). The maximum absolute atomic E-state index is 5.31. The van der Waals surface area contributed by atoms with Crippen molar-refractivity contribution in [1.82, 2.24) is 25.4 Å². The number of hydrogen-bond acceptors (Lipinski definition) is 4. The molecule has 26 heavy (non-hydrogen) atoms. The van der Waals surface area contributed by atoms with Gasteiger partial charge >= 0.3 is 0 Å². The Kier molecular flexibility index (Phi) is 5.68. The summed E-state index contributed by atoms with van der Waals surface area (Å²) in [6.07, 6.45) is 1.60. The number of nitrogens with zero attached hydrogens (tertiary/aromatic N) is 4.